The van der Waals surface area contributed by atoms with Crippen LogP contribution in [0.3, 0.4) is 0 Å². The third-order valence-corrected chi connectivity index (χ3v) is 5.88. The van der Waals surface area contributed by atoms with Crippen molar-refractivity contribution < 1.29 is 40.2 Å². The van der Waals surface area contributed by atoms with E-state index in [1.807, 2.05) is 6.92 Å². The standard InChI is InChI=1S/C27H21F7O2/c1-2-3-14-12-35-27(36-13-14)16-5-7-19(21(29)9-16)25(33)24(32)15-4-6-18(20(28)8-15)17-10-22(30)26(34)23(31)11-17/h4-11,14,27H,2-3,12-13H2,1H3. The lowest BCUT2D eigenvalue weighted by molar-refractivity contribution is -0.206. The molecule has 1 saturated heterocycles. The third-order valence-electron chi connectivity index (χ3n) is 5.88. The summed E-state index contributed by atoms with van der Waals surface area (Å²) >= 11 is 0. The van der Waals surface area contributed by atoms with Crippen LogP contribution in [0.15, 0.2) is 48.5 Å². The SMILES string of the molecule is CCCC1COC(c2ccc(C(F)=C(F)c3ccc(-c4cc(F)c(F)c(F)c4)c(F)c3)c(F)c2)OC1. The second kappa shape index (κ2) is 10.8. The summed E-state index contributed by atoms with van der Waals surface area (Å²) < 4.78 is 110. The van der Waals surface area contributed by atoms with Crippen molar-refractivity contribution in [2.24, 2.45) is 5.92 Å². The predicted molar refractivity (Wildman–Crippen MR) is 120 cm³/mol. The largest absolute Gasteiger partial charge is 0.348 e. The highest BCUT2D eigenvalue weighted by Gasteiger charge is 2.25. The lowest BCUT2D eigenvalue weighted by atomic mass is 10.0. The number of rotatable bonds is 6. The number of halogens is 7. The van der Waals surface area contributed by atoms with E-state index in [0.717, 1.165) is 37.1 Å². The zero-order chi connectivity index (χ0) is 26.0. The molecule has 9 heteroatoms. The van der Waals surface area contributed by atoms with Gasteiger partial charge in [0.1, 0.15) is 11.6 Å². The molecule has 0 radical (unpaired) electrons. The number of benzene rings is 3. The Kier molecular flexibility index (Phi) is 7.80. The first-order valence-electron chi connectivity index (χ1n) is 11.2. The summed E-state index contributed by atoms with van der Waals surface area (Å²) in [4.78, 5) is 0. The first-order valence-corrected chi connectivity index (χ1v) is 11.2. The topological polar surface area (TPSA) is 18.5 Å². The highest BCUT2D eigenvalue weighted by molar-refractivity contribution is 5.84. The molecule has 3 aromatic carbocycles. The molecule has 0 aromatic heterocycles. The van der Waals surface area contributed by atoms with Crippen molar-refractivity contribution in [1.29, 1.82) is 0 Å². The van der Waals surface area contributed by atoms with Gasteiger partial charge in [0.2, 0.25) is 0 Å². The van der Waals surface area contributed by atoms with Crippen LogP contribution in [0.5, 0.6) is 0 Å². The van der Waals surface area contributed by atoms with Gasteiger partial charge in [-0.2, -0.15) is 0 Å². The Balaban J connectivity index is 1.57. The van der Waals surface area contributed by atoms with Gasteiger partial charge in [-0.25, -0.2) is 30.7 Å². The van der Waals surface area contributed by atoms with Crippen LogP contribution in [0.2, 0.25) is 0 Å². The highest BCUT2D eigenvalue weighted by atomic mass is 19.2. The van der Waals surface area contributed by atoms with Crippen LogP contribution in [0.1, 0.15) is 42.7 Å². The van der Waals surface area contributed by atoms with Gasteiger partial charge in [0.05, 0.1) is 13.2 Å². The molecule has 0 aliphatic carbocycles. The van der Waals surface area contributed by atoms with Crippen molar-refractivity contribution in [2.45, 2.75) is 26.1 Å². The van der Waals surface area contributed by atoms with Crippen molar-refractivity contribution >= 4 is 11.7 Å². The summed E-state index contributed by atoms with van der Waals surface area (Å²) in [6, 6.07) is 6.99. The molecule has 1 aliphatic rings. The van der Waals surface area contributed by atoms with E-state index >= 15 is 0 Å². The molecule has 0 spiro atoms. The van der Waals surface area contributed by atoms with Gasteiger partial charge in [-0.05, 0) is 42.3 Å². The Labute approximate surface area is 203 Å². The average Bonchev–Trinajstić information content (AvgIpc) is 2.86. The quantitative estimate of drug-likeness (QED) is 0.189. The minimum atomic E-state index is -1.72. The van der Waals surface area contributed by atoms with Gasteiger partial charge in [0, 0.05) is 28.2 Å². The fourth-order valence-corrected chi connectivity index (χ4v) is 4.01. The third kappa shape index (κ3) is 5.32. The van der Waals surface area contributed by atoms with Crippen LogP contribution in [-0.4, -0.2) is 13.2 Å². The van der Waals surface area contributed by atoms with Crippen LogP contribution < -0.4 is 0 Å². The van der Waals surface area contributed by atoms with E-state index < -0.39 is 58.2 Å². The normalized spacial score (nSPS) is 18.8. The Hall–Kier alpha value is -3.17. The first-order chi connectivity index (χ1) is 17.2. The van der Waals surface area contributed by atoms with E-state index in [4.69, 9.17) is 9.47 Å². The van der Waals surface area contributed by atoms with Crippen molar-refractivity contribution in [2.75, 3.05) is 13.2 Å². The minimum absolute atomic E-state index is 0.234. The minimum Gasteiger partial charge on any atom is -0.348 e. The van der Waals surface area contributed by atoms with Gasteiger partial charge >= 0.3 is 0 Å². The van der Waals surface area contributed by atoms with Crippen LogP contribution in [-0.2, 0) is 9.47 Å². The van der Waals surface area contributed by atoms with Gasteiger partial charge in [-0.15, -0.1) is 0 Å². The molecular formula is C27H21F7O2. The van der Waals surface area contributed by atoms with E-state index in [2.05, 4.69) is 0 Å². The maximum absolute atomic E-state index is 14.8. The number of hydrogen-bond donors (Lipinski definition) is 0. The Morgan fingerprint density at radius 2 is 1.44 bits per heavy atom. The van der Waals surface area contributed by atoms with Crippen LogP contribution >= 0.6 is 0 Å². The van der Waals surface area contributed by atoms with Gasteiger partial charge in [-0.3, -0.25) is 0 Å². The molecule has 36 heavy (non-hydrogen) atoms. The van der Waals surface area contributed by atoms with Crippen molar-refractivity contribution in [3.05, 3.63) is 94.3 Å². The summed E-state index contributed by atoms with van der Waals surface area (Å²) in [6.07, 6.45) is 1.06. The molecule has 0 saturated carbocycles. The van der Waals surface area contributed by atoms with Crippen LogP contribution in [0.4, 0.5) is 30.7 Å². The molecule has 0 atom stereocenters. The van der Waals surface area contributed by atoms with Crippen LogP contribution in [0, 0.1) is 35.0 Å². The maximum Gasteiger partial charge on any atom is 0.194 e. The summed E-state index contributed by atoms with van der Waals surface area (Å²) in [6.45, 7) is 2.91. The summed E-state index contributed by atoms with van der Waals surface area (Å²) in [5.74, 6) is -9.89. The van der Waals surface area contributed by atoms with Gasteiger partial charge in [-0.1, -0.05) is 31.5 Å². The Morgan fingerprint density at radius 1 is 0.778 bits per heavy atom. The average molecular weight is 510 g/mol. The zero-order valence-corrected chi connectivity index (χ0v) is 19.1. The lowest BCUT2D eigenvalue weighted by Gasteiger charge is -2.29. The molecule has 0 amide bonds. The summed E-state index contributed by atoms with van der Waals surface area (Å²) in [7, 11) is 0. The van der Waals surface area contributed by atoms with Crippen molar-refractivity contribution in [1.82, 2.24) is 0 Å². The van der Waals surface area contributed by atoms with Crippen molar-refractivity contribution in [3.8, 4) is 11.1 Å². The molecule has 1 fully saturated rings. The summed E-state index contributed by atoms with van der Waals surface area (Å²) in [5, 5.41) is 0. The molecule has 0 N–H and O–H groups in total. The Bertz CT molecular complexity index is 1270. The molecule has 2 nitrogen and oxygen atoms in total. The molecule has 4 rings (SSSR count). The first kappa shape index (κ1) is 25.9. The maximum atomic E-state index is 14.8. The van der Waals surface area contributed by atoms with E-state index in [1.165, 1.54) is 6.07 Å². The fourth-order valence-electron chi connectivity index (χ4n) is 4.01. The molecule has 190 valence electrons. The highest BCUT2D eigenvalue weighted by Crippen LogP contribution is 2.35. The van der Waals surface area contributed by atoms with E-state index in [1.54, 1.807) is 0 Å². The van der Waals surface area contributed by atoms with Crippen molar-refractivity contribution in [3.63, 3.8) is 0 Å². The molecule has 1 aliphatic heterocycles. The predicted octanol–water partition coefficient (Wildman–Crippen LogP) is 8.28. The zero-order valence-electron chi connectivity index (χ0n) is 19.1. The summed E-state index contributed by atoms with van der Waals surface area (Å²) in [5.41, 5.74) is -1.66. The van der Waals surface area contributed by atoms with Gasteiger partial charge in [0.15, 0.2) is 35.4 Å². The molecular weight excluding hydrogens is 489 g/mol. The number of hydrogen-bond acceptors (Lipinski definition) is 2. The fraction of sp³-hybridized carbons (Fsp3) is 0.259. The smallest absolute Gasteiger partial charge is 0.194 e. The number of ether oxygens (including phenoxy) is 2. The second-order valence-corrected chi connectivity index (χ2v) is 8.47. The Morgan fingerprint density at radius 3 is 2.03 bits per heavy atom. The van der Waals surface area contributed by atoms with Crippen LogP contribution in [0.25, 0.3) is 22.8 Å². The van der Waals surface area contributed by atoms with Gasteiger partial charge < -0.3 is 9.47 Å². The molecule has 0 bridgehead atoms. The second-order valence-electron chi connectivity index (χ2n) is 8.47. The van der Waals surface area contributed by atoms with E-state index in [9.17, 15) is 30.7 Å². The molecule has 0 unspecified atom stereocenters. The molecule has 3 aromatic rings. The van der Waals surface area contributed by atoms with E-state index in [0.29, 0.717) is 37.0 Å². The molecule has 1 heterocycles. The van der Waals surface area contributed by atoms with E-state index in [-0.39, 0.29) is 17.0 Å². The lowest BCUT2D eigenvalue weighted by Crippen LogP contribution is -2.27. The van der Waals surface area contributed by atoms with Gasteiger partial charge in [0.25, 0.3) is 0 Å². The monoisotopic (exact) mass is 510 g/mol.